The quantitative estimate of drug-likeness (QED) is 0.304. The van der Waals surface area contributed by atoms with Crippen LogP contribution in [0.25, 0.3) is 33.2 Å². The van der Waals surface area contributed by atoms with Gasteiger partial charge < -0.3 is 19.8 Å². The molecule has 2 N–H and O–H groups in total. The number of aromatic nitrogens is 3. The van der Waals surface area contributed by atoms with Crippen LogP contribution in [0.2, 0.25) is 5.02 Å². The maximum absolute atomic E-state index is 15.6. The Morgan fingerprint density at radius 3 is 2.73 bits per heavy atom. The molecule has 0 radical (unpaired) electrons. The molecule has 206 valence electrons. The first kappa shape index (κ1) is 27.2. The van der Waals surface area contributed by atoms with Crippen molar-refractivity contribution in [2.24, 2.45) is 7.05 Å². The van der Waals surface area contributed by atoms with Crippen molar-refractivity contribution < 1.29 is 18.7 Å². The van der Waals surface area contributed by atoms with E-state index in [1.807, 2.05) is 0 Å². The van der Waals surface area contributed by atoms with Gasteiger partial charge in [-0.3, -0.25) is 9.48 Å². The van der Waals surface area contributed by atoms with Gasteiger partial charge >= 0.3 is 6.09 Å². The fraction of sp³-hybridized carbons (Fsp3) is 0.310. The molecule has 1 saturated carbocycles. The Morgan fingerprint density at radius 2 is 2.05 bits per heavy atom. The van der Waals surface area contributed by atoms with E-state index in [1.54, 1.807) is 52.2 Å². The van der Waals surface area contributed by atoms with Gasteiger partial charge in [-0.15, -0.1) is 0 Å². The molecule has 2 aromatic heterocycles. The number of aromatic amines is 1. The molecule has 1 amide bonds. The molecular weight excluding hydrogens is 537 g/mol. The monoisotopic (exact) mass is 563 g/mol. The molecule has 1 fully saturated rings. The Morgan fingerprint density at radius 1 is 1.30 bits per heavy atom. The number of nitrogens with one attached hydrogen (secondary N) is 2. The van der Waals surface area contributed by atoms with Gasteiger partial charge in [-0.2, -0.15) is 10.4 Å². The minimum atomic E-state index is -0.759. The molecule has 0 atom stereocenters. The van der Waals surface area contributed by atoms with Gasteiger partial charge in [-0.1, -0.05) is 17.7 Å². The molecule has 2 heterocycles. The van der Waals surface area contributed by atoms with Crippen LogP contribution in [0.5, 0.6) is 5.75 Å². The lowest BCUT2D eigenvalue weighted by Crippen LogP contribution is -2.32. The molecule has 0 spiro atoms. The van der Waals surface area contributed by atoms with E-state index in [9.17, 15) is 14.9 Å². The molecule has 1 aliphatic rings. The maximum atomic E-state index is 15.6. The third-order valence-electron chi connectivity index (χ3n) is 6.41. The summed E-state index contributed by atoms with van der Waals surface area (Å²) in [5.74, 6) is -0.537. The first-order chi connectivity index (χ1) is 19.0. The number of halogens is 2. The number of aryl methyl sites for hydroxylation is 1. The third-order valence-corrected chi connectivity index (χ3v) is 6.68. The molecule has 0 unspecified atom stereocenters. The lowest BCUT2D eigenvalue weighted by molar-refractivity contribution is 0.0523. The maximum Gasteiger partial charge on any atom is 0.407 e. The second-order valence-electron chi connectivity index (χ2n) is 10.6. The van der Waals surface area contributed by atoms with Crippen molar-refractivity contribution in [3.8, 4) is 34.2 Å². The highest BCUT2D eigenvalue weighted by Gasteiger charge is 2.30. The van der Waals surface area contributed by atoms with Crippen molar-refractivity contribution in [1.82, 2.24) is 20.1 Å². The van der Waals surface area contributed by atoms with Gasteiger partial charge in [0, 0.05) is 36.8 Å². The molecular formula is C29H27ClFN5O4. The van der Waals surface area contributed by atoms with Crippen LogP contribution in [0.3, 0.4) is 0 Å². The van der Waals surface area contributed by atoms with E-state index >= 15 is 4.39 Å². The van der Waals surface area contributed by atoms with Crippen LogP contribution in [0.4, 0.5) is 9.18 Å². The van der Waals surface area contributed by atoms with Crippen molar-refractivity contribution in [3.63, 3.8) is 0 Å². The molecule has 4 aromatic rings. The number of hydrogen-bond acceptors (Lipinski definition) is 6. The van der Waals surface area contributed by atoms with Crippen LogP contribution in [0, 0.1) is 17.1 Å². The van der Waals surface area contributed by atoms with Gasteiger partial charge in [0.05, 0.1) is 28.6 Å². The van der Waals surface area contributed by atoms with Crippen LogP contribution in [0.1, 0.15) is 44.7 Å². The summed E-state index contributed by atoms with van der Waals surface area (Å²) in [7, 11) is 1.64. The van der Waals surface area contributed by atoms with Crippen molar-refractivity contribution in [3.05, 3.63) is 69.0 Å². The number of hydrogen-bond donors (Lipinski definition) is 2. The Kier molecular flexibility index (Phi) is 7.02. The zero-order valence-corrected chi connectivity index (χ0v) is 23.1. The number of carbonyl (C=O) groups excluding carboxylic acids is 1. The van der Waals surface area contributed by atoms with Crippen molar-refractivity contribution in [2.75, 3.05) is 0 Å². The fourth-order valence-electron chi connectivity index (χ4n) is 4.45. The first-order valence-corrected chi connectivity index (χ1v) is 13.1. The summed E-state index contributed by atoms with van der Waals surface area (Å²) >= 11 is 6.26. The van der Waals surface area contributed by atoms with E-state index in [4.69, 9.17) is 21.1 Å². The van der Waals surface area contributed by atoms with E-state index in [-0.39, 0.29) is 40.1 Å². The Bertz CT molecular complexity index is 1740. The normalized spacial score (nSPS) is 13.2. The van der Waals surface area contributed by atoms with Gasteiger partial charge in [-0.25, -0.2) is 9.18 Å². The second kappa shape index (κ2) is 10.3. The average molecular weight is 564 g/mol. The summed E-state index contributed by atoms with van der Waals surface area (Å²) in [6.45, 7) is 5.39. The third kappa shape index (κ3) is 5.38. The number of ether oxygens (including phenoxy) is 2. The van der Waals surface area contributed by atoms with E-state index in [0.29, 0.717) is 33.2 Å². The lowest BCUT2D eigenvalue weighted by Gasteiger charge is -2.20. The number of benzene rings is 2. The summed E-state index contributed by atoms with van der Waals surface area (Å²) in [6, 6.07) is 8.56. The number of alkyl carbamates (subject to hydrolysis) is 1. The Hall–Kier alpha value is -4.36. The van der Waals surface area contributed by atoms with Gasteiger partial charge in [0.2, 0.25) is 0 Å². The Labute approximate surface area is 234 Å². The molecule has 0 bridgehead atoms. The first-order valence-electron chi connectivity index (χ1n) is 12.7. The minimum Gasteiger partial charge on any atom is -0.489 e. The van der Waals surface area contributed by atoms with Crippen molar-refractivity contribution in [2.45, 2.75) is 51.9 Å². The smallest absolute Gasteiger partial charge is 0.407 e. The zero-order valence-electron chi connectivity index (χ0n) is 22.4. The summed E-state index contributed by atoms with van der Waals surface area (Å²) in [6.07, 6.45) is 4.18. The van der Waals surface area contributed by atoms with Crippen LogP contribution in [-0.4, -0.2) is 32.6 Å². The van der Waals surface area contributed by atoms with E-state index in [1.165, 1.54) is 16.9 Å². The predicted molar refractivity (Wildman–Crippen MR) is 149 cm³/mol. The molecule has 0 aliphatic heterocycles. The highest BCUT2D eigenvalue weighted by atomic mass is 35.5. The lowest BCUT2D eigenvalue weighted by atomic mass is 9.95. The highest BCUT2D eigenvalue weighted by molar-refractivity contribution is 6.31. The highest BCUT2D eigenvalue weighted by Crippen LogP contribution is 2.43. The molecule has 2 aromatic carbocycles. The number of rotatable bonds is 6. The molecule has 11 heteroatoms. The SMILES string of the molecule is Cn1ncc(-c2ccc3c(=O)[nH]cc(CNC(=O)OC(C)(C)C)c3c2)c1-c1c(F)c(Cl)cc(OC2CC2)c1C#N. The summed E-state index contributed by atoms with van der Waals surface area (Å²) in [4.78, 5) is 27.5. The van der Waals surface area contributed by atoms with Gasteiger partial charge in [0.25, 0.3) is 5.56 Å². The number of nitriles is 1. The number of pyridine rings is 1. The molecule has 9 nitrogen and oxygen atoms in total. The van der Waals surface area contributed by atoms with Crippen LogP contribution in [-0.2, 0) is 18.3 Å². The standard InChI is InChI=1S/C29H27ClFN5O4/c1-29(2,3)40-28(38)34-13-16-12-33-27(37)18-8-5-15(9-19(16)18)21-14-35-36(4)26(21)24-20(11-32)23(39-17-6-7-17)10-22(30)25(24)31/h5,8-10,12,14,17H,6-7,13H2,1-4H3,(H,33,37)(H,34,38). The Balaban J connectivity index is 1.61. The van der Waals surface area contributed by atoms with Gasteiger partial charge in [0.1, 0.15) is 23.0 Å². The second-order valence-corrected chi connectivity index (χ2v) is 11.0. The van der Waals surface area contributed by atoms with Crippen LogP contribution < -0.4 is 15.6 Å². The molecule has 1 aliphatic carbocycles. The summed E-state index contributed by atoms with van der Waals surface area (Å²) < 4.78 is 28.3. The minimum absolute atomic E-state index is 0.0153. The summed E-state index contributed by atoms with van der Waals surface area (Å²) in [5, 5.41) is 17.9. The van der Waals surface area contributed by atoms with E-state index in [0.717, 1.165) is 12.8 Å². The summed E-state index contributed by atoms with van der Waals surface area (Å²) in [5.41, 5.74) is 1.15. The van der Waals surface area contributed by atoms with Crippen molar-refractivity contribution in [1.29, 1.82) is 5.26 Å². The topological polar surface area (TPSA) is 122 Å². The zero-order chi connectivity index (χ0) is 28.8. The number of nitrogens with zero attached hydrogens (tertiary/aromatic N) is 3. The molecule has 0 saturated heterocycles. The van der Waals surface area contributed by atoms with E-state index in [2.05, 4.69) is 21.5 Å². The average Bonchev–Trinajstić information content (AvgIpc) is 3.63. The number of H-pyrrole nitrogens is 1. The van der Waals surface area contributed by atoms with Crippen molar-refractivity contribution >= 4 is 28.5 Å². The largest absolute Gasteiger partial charge is 0.489 e. The molecule has 5 rings (SSSR count). The number of fused-ring (bicyclic) bond motifs is 1. The molecule has 40 heavy (non-hydrogen) atoms. The van der Waals surface area contributed by atoms with Gasteiger partial charge in [0.15, 0.2) is 5.82 Å². The van der Waals surface area contributed by atoms with Crippen LogP contribution >= 0.6 is 11.6 Å². The number of amides is 1. The predicted octanol–water partition coefficient (Wildman–Crippen LogP) is 5.83. The van der Waals surface area contributed by atoms with Gasteiger partial charge in [-0.05, 0) is 62.3 Å². The van der Waals surface area contributed by atoms with E-state index < -0.39 is 17.5 Å². The van der Waals surface area contributed by atoms with Crippen LogP contribution in [0.15, 0.2) is 41.5 Å². The fourth-order valence-corrected chi connectivity index (χ4v) is 4.65. The number of carbonyl (C=O) groups is 1.